The van der Waals surface area contributed by atoms with Crippen LogP contribution < -0.4 is 0 Å². The molecule has 0 fully saturated rings. The summed E-state index contributed by atoms with van der Waals surface area (Å²) in [6.45, 7) is 6.48. The third-order valence-electron chi connectivity index (χ3n) is 14.0. The molecule has 0 bridgehead atoms. The minimum Gasteiger partial charge on any atom is -0.462 e. The molecule has 0 amide bonds. The number of hydrogen-bond donors (Lipinski definition) is 0. The number of allylic oxidation sites excluding steroid dienone is 10. The Hall–Kier alpha value is -2.89. The molecule has 0 aliphatic rings. The third-order valence-corrected chi connectivity index (χ3v) is 14.0. The Labute approximate surface area is 453 Å². The van der Waals surface area contributed by atoms with Gasteiger partial charge in [0.2, 0.25) is 0 Å². The van der Waals surface area contributed by atoms with E-state index in [-0.39, 0.29) is 31.1 Å². The standard InChI is InChI=1S/C67H120O6/c1-4-7-10-13-15-17-19-21-23-25-27-28-29-30-31-32-33-34-35-36-37-38-40-41-43-45-47-49-51-54-57-60-66(69)72-63-64(62-71-65(68)59-56-53-12-9-6-3)73-67(70)61-58-55-52-50-48-46-44-42-39-26-24-22-20-18-16-14-11-8-5-2/h7,10,15,17,21-24,27-28,64H,4-6,8-9,11-14,16,18-20,25-26,29-63H2,1-3H3/b10-7-,17-15-,23-21-,24-22-,28-27-. The monoisotopic (exact) mass is 1020 g/mol. The second kappa shape index (κ2) is 61.7. The Morgan fingerprint density at radius 2 is 0.534 bits per heavy atom. The van der Waals surface area contributed by atoms with Crippen molar-refractivity contribution in [2.45, 2.75) is 335 Å². The zero-order chi connectivity index (χ0) is 52.9. The van der Waals surface area contributed by atoms with Crippen molar-refractivity contribution in [1.29, 1.82) is 0 Å². The Balaban J connectivity index is 3.95. The molecule has 0 saturated heterocycles. The lowest BCUT2D eigenvalue weighted by Crippen LogP contribution is -2.30. The van der Waals surface area contributed by atoms with E-state index in [1.54, 1.807) is 0 Å². The van der Waals surface area contributed by atoms with Crippen molar-refractivity contribution in [2.75, 3.05) is 13.2 Å². The zero-order valence-corrected chi connectivity index (χ0v) is 48.7. The molecule has 6 nitrogen and oxygen atoms in total. The molecule has 1 unspecified atom stereocenters. The Morgan fingerprint density at radius 1 is 0.288 bits per heavy atom. The van der Waals surface area contributed by atoms with Gasteiger partial charge < -0.3 is 14.2 Å². The van der Waals surface area contributed by atoms with E-state index in [1.807, 2.05) is 0 Å². The van der Waals surface area contributed by atoms with Gasteiger partial charge in [0.25, 0.3) is 0 Å². The fourth-order valence-corrected chi connectivity index (χ4v) is 9.25. The fraction of sp³-hybridized carbons (Fsp3) is 0.806. The first-order valence-electron chi connectivity index (χ1n) is 31.8. The molecule has 0 aromatic heterocycles. The number of esters is 3. The maximum atomic E-state index is 12.8. The minimum atomic E-state index is -0.769. The highest BCUT2D eigenvalue weighted by Gasteiger charge is 2.19. The molecule has 0 aromatic carbocycles. The zero-order valence-electron chi connectivity index (χ0n) is 48.7. The SMILES string of the molecule is CC/C=C\C/C=C\C/C=C\C/C=C\CCCCCCCCCCCCCCCCCCCCC(=O)OCC(COC(=O)CCCCCCC)OC(=O)CCCCCCCCCCC/C=C\CCCCCCCC. The fourth-order valence-electron chi connectivity index (χ4n) is 9.25. The maximum Gasteiger partial charge on any atom is 0.306 e. The van der Waals surface area contributed by atoms with E-state index in [2.05, 4.69) is 81.5 Å². The molecule has 0 spiro atoms. The number of unbranched alkanes of at least 4 members (excludes halogenated alkanes) is 37. The number of carbonyl (C=O) groups is 3. The van der Waals surface area contributed by atoms with E-state index in [1.165, 1.54) is 199 Å². The number of carbonyl (C=O) groups excluding carboxylic acids is 3. The van der Waals surface area contributed by atoms with Crippen molar-refractivity contribution in [1.82, 2.24) is 0 Å². The summed E-state index contributed by atoms with van der Waals surface area (Å²) in [5.74, 6) is -0.871. The number of ether oxygens (including phenoxy) is 3. The molecular formula is C67H120O6. The van der Waals surface area contributed by atoms with Gasteiger partial charge in [-0.05, 0) is 83.5 Å². The lowest BCUT2D eigenvalue weighted by atomic mass is 10.0. The quantitative estimate of drug-likeness (QED) is 0.0261. The van der Waals surface area contributed by atoms with Crippen LogP contribution in [0, 0.1) is 0 Å². The molecule has 0 aromatic rings. The highest BCUT2D eigenvalue weighted by Crippen LogP contribution is 2.17. The smallest absolute Gasteiger partial charge is 0.306 e. The van der Waals surface area contributed by atoms with Gasteiger partial charge in [0.05, 0.1) is 0 Å². The van der Waals surface area contributed by atoms with Gasteiger partial charge in [0, 0.05) is 19.3 Å². The third kappa shape index (κ3) is 59.9. The molecule has 424 valence electrons. The molecule has 6 heteroatoms. The van der Waals surface area contributed by atoms with E-state index in [0.717, 1.165) is 89.9 Å². The van der Waals surface area contributed by atoms with Crippen molar-refractivity contribution < 1.29 is 28.6 Å². The molecule has 73 heavy (non-hydrogen) atoms. The predicted molar refractivity (Wildman–Crippen MR) is 316 cm³/mol. The van der Waals surface area contributed by atoms with Gasteiger partial charge in [-0.15, -0.1) is 0 Å². The summed E-state index contributed by atoms with van der Waals surface area (Å²) in [7, 11) is 0. The summed E-state index contributed by atoms with van der Waals surface area (Å²) < 4.78 is 16.8. The van der Waals surface area contributed by atoms with Gasteiger partial charge in [-0.25, -0.2) is 0 Å². The Bertz CT molecular complexity index is 1310. The topological polar surface area (TPSA) is 78.9 Å². The van der Waals surface area contributed by atoms with Gasteiger partial charge in [-0.3, -0.25) is 14.4 Å². The van der Waals surface area contributed by atoms with E-state index >= 15 is 0 Å². The summed E-state index contributed by atoms with van der Waals surface area (Å²) in [5.41, 5.74) is 0. The second-order valence-corrected chi connectivity index (χ2v) is 21.3. The molecule has 0 N–H and O–H groups in total. The second-order valence-electron chi connectivity index (χ2n) is 21.3. The van der Waals surface area contributed by atoms with Crippen LogP contribution in [-0.4, -0.2) is 37.2 Å². The molecule has 0 rings (SSSR count). The van der Waals surface area contributed by atoms with Crippen molar-refractivity contribution >= 4 is 17.9 Å². The van der Waals surface area contributed by atoms with E-state index < -0.39 is 6.10 Å². The van der Waals surface area contributed by atoms with Crippen molar-refractivity contribution in [2.24, 2.45) is 0 Å². The lowest BCUT2D eigenvalue weighted by Gasteiger charge is -2.18. The van der Waals surface area contributed by atoms with Crippen LogP contribution in [0.1, 0.15) is 329 Å². The Morgan fingerprint density at radius 3 is 0.849 bits per heavy atom. The lowest BCUT2D eigenvalue weighted by molar-refractivity contribution is -0.167. The van der Waals surface area contributed by atoms with Crippen molar-refractivity contribution in [3.63, 3.8) is 0 Å². The van der Waals surface area contributed by atoms with Gasteiger partial charge >= 0.3 is 17.9 Å². The van der Waals surface area contributed by atoms with Crippen molar-refractivity contribution in [3.8, 4) is 0 Å². The van der Waals surface area contributed by atoms with Crippen LogP contribution >= 0.6 is 0 Å². The van der Waals surface area contributed by atoms with Gasteiger partial charge in [0.15, 0.2) is 6.10 Å². The van der Waals surface area contributed by atoms with Crippen LogP contribution in [0.3, 0.4) is 0 Å². The van der Waals surface area contributed by atoms with Crippen LogP contribution in [0.15, 0.2) is 60.8 Å². The van der Waals surface area contributed by atoms with Crippen LogP contribution in [0.4, 0.5) is 0 Å². The summed E-state index contributed by atoms with van der Waals surface area (Å²) in [6, 6.07) is 0. The maximum absolute atomic E-state index is 12.8. The molecule has 0 radical (unpaired) electrons. The first-order chi connectivity index (χ1) is 36.0. The number of hydrogen-bond acceptors (Lipinski definition) is 6. The van der Waals surface area contributed by atoms with Crippen LogP contribution in [0.2, 0.25) is 0 Å². The van der Waals surface area contributed by atoms with Crippen LogP contribution in [0.5, 0.6) is 0 Å². The summed E-state index contributed by atoms with van der Waals surface area (Å²) >= 11 is 0. The van der Waals surface area contributed by atoms with Crippen LogP contribution in [-0.2, 0) is 28.6 Å². The summed E-state index contributed by atoms with van der Waals surface area (Å²) in [5, 5.41) is 0. The average molecular weight is 1020 g/mol. The molecule has 0 aliphatic carbocycles. The van der Waals surface area contributed by atoms with E-state index in [9.17, 15) is 14.4 Å². The highest BCUT2D eigenvalue weighted by atomic mass is 16.6. The molecule has 0 aliphatic heterocycles. The number of rotatable bonds is 58. The van der Waals surface area contributed by atoms with Gasteiger partial charge in [0.1, 0.15) is 13.2 Å². The first-order valence-corrected chi connectivity index (χ1v) is 31.8. The summed E-state index contributed by atoms with van der Waals surface area (Å²) in [4.78, 5) is 37.9. The average Bonchev–Trinajstić information content (AvgIpc) is 3.39. The van der Waals surface area contributed by atoms with E-state index in [4.69, 9.17) is 14.2 Å². The van der Waals surface area contributed by atoms with E-state index in [0.29, 0.717) is 19.3 Å². The minimum absolute atomic E-state index is 0.0710. The molecule has 0 saturated carbocycles. The first kappa shape index (κ1) is 70.1. The molecule has 0 heterocycles. The van der Waals surface area contributed by atoms with Crippen molar-refractivity contribution in [3.05, 3.63) is 60.8 Å². The van der Waals surface area contributed by atoms with Gasteiger partial charge in [-0.1, -0.05) is 287 Å². The molecule has 1 atom stereocenters. The largest absolute Gasteiger partial charge is 0.462 e. The normalized spacial score (nSPS) is 12.4. The molecular weight excluding hydrogens is 901 g/mol. The highest BCUT2D eigenvalue weighted by molar-refractivity contribution is 5.71. The van der Waals surface area contributed by atoms with Gasteiger partial charge in [-0.2, -0.15) is 0 Å². The van der Waals surface area contributed by atoms with Crippen LogP contribution in [0.25, 0.3) is 0 Å². The predicted octanol–water partition coefficient (Wildman–Crippen LogP) is 21.6. The Kier molecular flexibility index (Phi) is 59.2. The summed E-state index contributed by atoms with van der Waals surface area (Å²) in [6.07, 6.45) is 78.6.